The van der Waals surface area contributed by atoms with Crippen LogP contribution >= 0.6 is 0 Å². The Morgan fingerprint density at radius 1 is 1.53 bits per heavy atom. The zero-order valence-corrected chi connectivity index (χ0v) is 9.36. The quantitative estimate of drug-likeness (QED) is 0.747. The van der Waals surface area contributed by atoms with Crippen LogP contribution in [0.3, 0.4) is 0 Å². The van der Waals surface area contributed by atoms with Crippen molar-refractivity contribution in [3.8, 4) is 11.5 Å². The van der Waals surface area contributed by atoms with Crippen LogP contribution in [0.25, 0.3) is 0 Å². The molecule has 1 N–H and O–H groups in total. The maximum absolute atomic E-state index is 9.77. The lowest BCUT2D eigenvalue weighted by Gasteiger charge is -2.15. The number of phenolic OH excluding ortho intramolecular Hbond substituents is 1. The van der Waals surface area contributed by atoms with E-state index in [1.54, 1.807) is 19.2 Å². The van der Waals surface area contributed by atoms with Crippen LogP contribution in [-0.4, -0.2) is 12.2 Å². The van der Waals surface area contributed by atoms with Gasteiger partial charge in [-0.25, -0.2) is 0 Å². The highest BCUT2D eigenvalue weighted by Gasteiger charge is 2.12. The Morgan fingerprint density at radius 2 is 2.27 bits per heavy atom. The van der Waals surface area contributed by atoms with Crippen molar-refractivity contribution in [1.82, 2.24) is 0 Å². The minimum atomic E-state index is 0.317. The van der Waals surface area contributed by atoms with Crippen molar-refractivity contribution in [2.24, 2.45) is 0 Å². The number of methoxy groups -OCH3 is 1. The molecule has 2 heteroatoms. The van der Waals surface area contributed by atoms with Gasteiger partial charge in [-0.2, -0.15) is 0 Å². The van der Waals surface area contributed by atoms with Gasteiger partial charge in [0.2, 0.25) is 0 Å². The molecular formula is C13H18O2. The number of phenols is 1. The third kappa shape index (κ3) is 2.75. The molecule has 2 nitrogen and oxygen atoms in total. The van der Waals surface area contributed by atoms with E-state index in [9.17, 15) is 5.11 Å². The summed E-state index contributed by atoms with van der Waals surface area (Å²) in [7, 11) is 1.63. The Balaban J connectivity index is 3.03. The van der Waals surface area contributed by atoms with E-state index in [2.05, 4.69) is 13.5 Å². The maximum atomic E-state index is 9.77. The summed E-state index contributed by atoms with van der Waals surface area (Å²) in [6, 6.07) is 5.34. The van der Waals surface area contributed by atoms with E-state index in [1.165, 1.54) is 0 Å². The first-order valence-electron chi connectivity index (χ1n) is 5.20. The van der Waals surface area contributed by atoms with Crippen molar-refractivity contribution in [2.75, 3.05) is 7.11 Å². The first kappa shape index (κ1) is 11.6. The zero-order chi connectivity index (χ0) is 11.3. The van der Waals surface area contributed by atoms with Crippen molar-refractivity contribution < 1.29 is 9.84 Å². The highest BCUT2D eigenvalue weighted by Crippen LogP contribution is 2.33. The van der Waals surface area contributed by atoms with Crippen LogP contribution in [0.15, 0.2) is 30.9 Å². The van der Waals surface area contributed by atoms with Crippen molar-refractivity contribution in [1.29, 1.82) is 0 Å². The molecule has 0 saturated carbocycles. The number of hydrogen-bond acceptors (Lipinski definition) is 2. The molecule has 1 aromatic carbocycles. The number of benzene rings is 1. The molecule has 0 aromatic heterocycles. The van der Waals surface area contributed by atoms with Gasteiger partial charge in [0, 0.05) is 5.56 Å². The molecule has 1 atom stereocenters. The van der Waals surface area contributed by atoms with Crippen LogP contribution < -0.4 is 4.74 Å². The fourth-order valence-corrected chi connectivity index (χ4v) is 1.70. The van der Waals surface area contributed by atoms with Gasteiger partial charge in [0.25, 0.3) is 0 Å². The summed E-state index contributed by atoms with van der Waals surface area (Å²) in [5.74, 6) is 1.44. The summed E-state index contributed by atoms with van der Waals surface area (Å²) in [4.78, 5) is 0. The van der Waals surface area contributed by atoms with E-state index in [0.717, 1.165) is 24.2 Å². The summed E-state index contributed by atoms with van der Waals surface area (Å²) >= 11 is 0. The summed E-state index contributed by atoms with van der Waals surface area (Å²) in [5, 5.41) is 9.77. The molecular weight excluding hydrogens is 188 g/mol. The monoisotopic (exact) mass is 206 g/mol. The third-order valence-electron chi connectivity index (χ3n) is 2.62. The minimum Gasteiger partial charge on any atom is -0.508 e. The number of aromatic hydroxyl groups is 1. The standard InChI is InChI=1S/C13H18O2/c1-4-6-10(5-2)12-9-11(15-3)7-8-13(12)14/h4,7-10,14H,1,5-6H2,2-3H3. The van der Waals surface area contributed by atoms with E-state index in [1.807, 2.05) is 12.1 Å². The summed E-state index contributed by atoms with van der Waals surface area (Å²) in [5.41, 5.74) is 0.941. The van der Waals surface area contributed by atoms with Gasteiger partial charge in [0.05, 0.1) is 7.11 Å². The normalized spacial score (nSPS) is 12.1. The molecule has 0 aliphatic carbocycles. The zero-order valence-electron chi connectivity index (χ0n) is 9.36. The van der Waals surface area contributed by atoms with Crippen molar-refractivity contribution in [3.63, 3.8) is 0 Å². The van der Waals surface area contributed by atoms with E-state index in [4.69, 9.17) is 4.74 Å². The molecule has 15 heavy (non-hydrogen) atoms. The Labute approximate surface area is 91.2 Å². The van der Waals surface area contributed by atoms with Crippen molar-refractivity contribution >= 4 is 0 Å². The molecule has 0 spiro atoms. The van der Waals surface area contributed by atoms with Gasteiger partial charge in [-0.15, -0.1) is 6.58 Å². The average Bonchev–Trinajstić information content (AvgIpc) is 2.27. The fraction of sp³-hybridized carbons (Fsp3) is 0.385. The van der Waals surface area contributed by atoms with Gasteiger partial charge in [0.1, 0.15) is 11.5 Å². The largest absolute Gasteiger partial charge is 0.508 e. The fourth-order valence-electron chi connectivity index (χ4n) is 1.70. The first-order chi connectivity index (χ1) is 7.22. The third-order valence-corrected chi connectivity index (χ3v) is 2.62. The first-order valence-corrected chi connectivity index (χ1v) is 5.20. The predicted molar refractivity (Wildman–Crippen MR) is 62.5 cm³/mol. The number of rotatable bonds is 5. The molecule has 1 rings (SSSR count). The molecule has 0 aliphatic rings. The van der Waals surface area contributed by atoms with Gasteiger partial charge in [-0.3, -0.25) is 0 Å². The number of hydrogen-bond donors (Lipinski definition) is 1. The topological polar surface area (TPSA) is 29.5 Å². The summed E-state index contributed by atoms with van der Waals surface area (Å²) in [6.45, 7) is 5.84. The number of allylic oxidation sites excluding steroid dienone is 1. The molecule has 1 aromatic rings. The lowest BCUT2D eigenvalue weighted by atomic mass is 9.92. The highest BCUT2D eigenvalue weighted by molar-refractivity contribution is 5.41. The SMILES string of the molecule is C=CCC(CC)c1cc(OC)ccc1O. The molecule has 0 saturated heterocycles. The molecule has 0 aliphatic heterocycles. The van der Waals surface area contributed by atoms with E-state index in [0.29, 0.717) is 11.7 Å². The predicted octanol–water partition coefficient (Wildman–Crippen LogP) is 3.47. The summed E-state index contributed by atoms with van der Waals surface area (Å²) in [6.07, 6.45) is 3.73. The number of ether oxygens (including phenoxy) is 1. The van der Waals surface area contributed by atoms with Gasteiger partial charge < -0.3 is 9.84 Å². The Morgan fingerprint density at radius 3 is 2.80 bits per heavy atom. The van der Waals surface area contributed by atoms with Gasteiger partial charge in [0.15, 0.2) is 0 Å². The molecule has 0 bridgehead atoms. The summed E-state index contributed by atoms with van der Waals surface area (Å²) < 4.78 is 5.15. The van der Waals surface area contributed by atoms with Crippen LogP contribution in [0.1, 0.15) is 31.2 Å². The molecule has 0 fully saturated rings. The van der Waals surface area contributed by atoms with Crippen molar-refractivity contribution in [2.45, 2.75) is 25.7 Å². The lowest BCUT2D eigenvalue weighted by Crippen LogP contribution is -1.97. The van der Waals surface area contributed by atoms with Crippen molar-refractivity contribution in [3.05, 3.63) is 36.4 Å². The van der Waals surface area contributed by atoms with Crippen LogP contribution in [0.4, 0.5) is 0 Å². The average molecular weight is 206 g/mol. The van der Waals surface area contributed by atoms with Gasteiger partial charge in [-0.1, -0.05) is 13.0 Å². The second-order valence-electron chi connectivity index (χ2n) is 3.55. The second kappa shape index (κ2) is 5.44. The second-order valence-corrected chi connectivity index (χ2v) is 3.55. The molecule has 82 valence electrons. The highest BCUT2D eigenvalue weighted by atomic mass is 16.5. The minimum absolute atomic E-state index is 0.317. The van der Waals surface area contributed by atoms with Crippen LogP contribution in [0, 0.1) is 0 Å². The Bertz CT molecular complexity index is 331. The Kier molecular flexibility index (Phi) is 4.22. The maximum Gasteiger partial charge on any atom is 0.119 e. The Hall–Kier alpha value is -1.44. The van der Waals surface area contributed by atoms with Gasteiger partial charge in [-0.05, 0) is 37.0 Å². The van der Waals surface area contributed by atoms with E-state index in [-0.39, 0.29) is 0 Å². The smallest absolute Gasteiger partial charge is 0.119 e. The van der Waals surface area contributed by atoms with Crippen LogP contribution in [-0.2, 0) is 0 Å². The molecule has 0 amide bonds. The van der Waals surface area contributed by atoms with Crippen LogP contribution in [0.5, 0.6) is 11.5 Å². The van der Waals surface area contributed by atoms with E-state index < -0.39 is 0 Å². The van der Waals surface area contributed by atoms with E-state index >= 15 is 0 Å². The molecule has 0 radical (unpaired) electrons. The van der Waals surface area contributed by atoms with Gasteiger partial charge >= 0.3 is 0 Å². The van der Waals surface area contributed by atoms with Crippen LogP contribution in [0.2, 0.25) is 0 Å². The molecule has 1 unspecified atom stereocenters. The lowest BCUT2D eigenvalue weighted by molar-refractivity contribution is 0.409. The molecule has 0 heterocycles.